The summed E-state index contributed by atoms with van der Waals surface area (Å²) in [6.07, 6.45) is 0. The van der Waals surface area contributed by atoms with E-state index in [0.29, 0.717) is 18.2 Å². The van der Waals surface area contributed by atoms with Gasteiger partial charge in [-0.3, -0.25) is 9.59 Å². The van der Waals surface area contributed by atoms with Crippen LogP contribution in [0.3, 0.4) is 0 Å². The van der Waals surface area contributed by atoms with Crippen LogP contribution in [-0.4, -0.2) is 36.4 Å². The number of hydrogen-bond acceptors (Lipinski definition) is 3. The highest BCUT2D eigenvalue weighted by Gasteiger charge is 2.26. The van der Waals surface area contributed by atoms with Gasteiger partial charge in [-0.1, -0.05) is 44.2 Å². The fourth-order valence-corrected chi connectivity index (χ4v) is 3.49. The van der Waals surface area contributed by atoms with Crippen molar-refractivity contribution in [1.29, 1.82) is 0 Å². The zero-order chi connectivity index (χ0) is 21.6. The molecule has 2 aromatic rings. The number of nitrogens with one attached hydrogen (secondary N) is 1. The Balaban J connectivity index is 2.17. The molecule has 156 valence electrons. The molecule has 0 aliphatic heterocycles. The third-order valence-corrected chi connectivity index (χ3v) is 5.61. The third-order valence-electron chi connectivity index (χ3n) is 4.99. The summed E-state index contributed by atoms with van der Waals surface area (Å²) in [6, 6.07) is 13.1. The molecular formula is C23H29BrN2O3. The van der Waals surface area contributed by atoms with Crippen LogP contribution in [0.1, 0.15) is 43.4 Å². The van der Waals surface area contributed by atoms with Gasteiger partial charge in [0.2, 0.25) is 5.91 Å². The van der Waals surface area contributed by atoms with Crippen molar-refractivity contribution in [2.75, 3.05) is 13.7 Å². The number of carbonyl (C=O) groups is 2. The Kier molecular flexibility index (Phi) is 8.26. The number of likely N-dealkylation sites (N-methyl/N-ethyl adjacent to an activating group) is 1. The van der Waals surface area contributed by atoms with E-state index < -0.39 is 6.04 Å². The molecule has 5 nitrogen and oxygen atoms in total. The van der Waals surface area contributed by atoms with Gasteiger partial charge in [0.15, 0.2) is 6.61 Å². The largest absolute Gasteiger partial charge is 0.483 e. The average molecular weight is 461 g/mol. The van der Waals surface area contributed by atoms with E-state index in [1.165, 1.54) is 5.56 Å². The zero-order valence-electron chi connectivity index (χ0n) is 17.7. The van der Waals surface area contributed by atoms with Gasteiger partial charge in [0.25, 0.3) is 5.91 Å². The molecule has 0 bridgehead atoms. The van der Waals surface area contributed by atoms with Gasteiger partial charge in [0, 0.05) is 13.6 Å². The van der Waals surface area contributed by atoms with Crippen molar-refractivity contribution in [3.63, 3.8) is 0 Å². The topological polar surface area (TPSA) is 58.6 Å². The molecule has 0 unspecified atom stereocenters. The fourth-order valence-electron chi connectivity index (χ4n) is 2.98. The number of amides is 2. The van der Waals surface area contributed by atoms with Crippen molar-refractivity contribution >= 4 is 27.7 Å². The van der Waals surface area contributed by atoms with Crippen LogP contribution >= 0.6 is 15.9 Å². The molecule has 0 saturated carbocycles. The lowest BCUT2D eigenvalue weighted by Gasteiger charge is -2.29. The van der Waals surface area contributed by atoms with Crippen molar-refractivity contribution in [3.8, 4) is 5.75 Å². The summed E-state index contributed by atoms with van der Waals surface area (Å²) in [4.78, 5) is 26.7. The van der Waals surface area contributed by atoms with Crippen molar-refractivity contribution in [2.24, 2.45) is 0 Å². The van der Waals surface area contributed by atoms with Crippen molar-refractivity contribution in [1.82, 2.24) is 10.2 Å². The predicted molar refractivity (Wildman–Crippen MR) is 119 cm³/mol. The first-order chi connectivity index (χ1) is 13.7. The van der Waals surface area contributed by atoms with E-state index in [4.69, 9.17) is 4.74 Å². The van der Waals surface area contributed by atoms with Crippen molar-refractivity contribution in [2.45, 2.75) is 46.2 Å². The highest BCUT2D eigenvalue weighted by atomic mass is 79.9. The van der Waals surface area contributed by atoms with Crippen LogP contribution < -0.4 is 10.1 Å². The highest BCUT2D eigenvalue weighted by Crippen LogP contribution is 2.29. The van der Waals surface area contributed by atoms with E-state index >= 15 is 0 Å². The lowest BCUT2D eigenvalue weighted by atomic mass is 10.0. The Morgan fingerprint density at radius 3 is 2.41 bits per heavy atom. The number of carbonyl (C=O) groups excluding carboxylic acids is 2. The third kappa shape index (κ3) is 6.07. The van der Waals surface area contributed by atoms with Gasteiger partial charge in [0.05, 0.1) is 4.47 Å². The second-order valence-corrected chi connectivity index (χ2v) is 8.23. The second-order valence-electron chi connectivity index (χ2n) is 7.37. The van der Waals surface area contributed by atoms with Gasteiger partial charge in [0.1, 0.15) is 11.8 Å². The molecule has 2 amide bonds. The van der Waals surface area contributed by atoms with Gasteiger partial charge < -0.3 is 15.0 Å². The first-order valence-corrected chi connectivity index (χ1v) is 10.5. The van der Waals surface area contributed by atoms with Crippen LogP contribution in [0.25, 0.3) is 0 Å². The van der Waals surface area contributed by atoms with Crippen LogP contribution in [0, 0.1) is 6.92 Å². The molecule has 0 heterocycles. The zero-order valence-corrected chi connectivity index (χ0v) is 19.2. The van der Waals surface area contributed by atoms with Crippen LogP contribution in [0.4, 0.5) is 0 Å². The molecule has 2 rings (SSSR count). The molecule has 0 fully saturated rings. The summed E-state index contributed by atoms with van der Waals surface area (Å²) in [5.74, 6) is 0.546. The Hall–Kier alpha value is -2.34. The van der Waals surface area contributed by atoms with Gasteiger partial charge >= 0.3 is 0 Å². The number of benzene rings is 2. The summed E-state index contributed by atoms with van der Waals surface area (Å²) >= 11 is 3.52. The molecule has 29 heavy (non-hydrogen) atoms. The summed E-state index contributed by atoms with van der Waals surface area (Å²) < 4.78 is 6.58. The average Bonchev–Trinajstić information content (AvgIpc) is 2.70. The molecule has 0 saturated heterocycles. The maximum atomic E-state index is 13.0. The molecular weight excluding hydrogens is 432 g/mol. The van der Waals surface area contributed by atoms with E-state index in [0.717, 1.165) is 15.6 Å². The summed E-state index contributed by atoms with van der Waals surface area (Å²) in [5, 5.41) is 2.62. The minimum atomic E-state index is -0.609. The predicted octanol–water partition coefficient (Wildman–Crippen LogP) is 4.42. The summed E-state index contributed by atoms with van der Waals surface area (Å²) in [5.41, 5.74) is 3.26. The van der Waals surface area contributed by atoms with Crippen molar-refractivity contribution in [3.05, 3.63) is 63.6 Å². The number of rotatable bonds is 8. The van der Waals surface area contributed by atoms with Crippen LogP contribution in [0.2, 0.25) is 0 Å². The van der Waals surface area contributed by atoms with Crippen molar-refractivity contribution < 1.29 is 14.3 Å². The van der Waals surface area contributed by atoms with Crippen LogP contribution in [0.15, 0.2) is 46.9 Å². The SMILES string of the molecule is CNC(=O)[C@@H](C)N(Cc1ccccc1C)C(=O)COc1ccc(C(C)C)cc1Br. The number of aryl methyl sites for hydroxylation is 1. The van der Waals surface area contributed by atoms with Gasteiger partial charge in [-0.2, -0.15) is 0 Å². The van der Waals surface area contributed by atoms with E-state index in [1.807, 2.05) is 49.4 Å². The van der Waals surface area contributed by atoms with E-state index in [1.54, 1.807) is 18.9 Å². The second kappa shape index (κ2) is 10.4. The molecule has 0 spiro atoms. The van der Waals surface area contributed by atoms with Crippen LogP contribution in [0.5, 0.6) is 5.75 Å². The van der Waals surface area contributed by atoms with Gasteiger partial charge in [-0.05, 0) is 64.5 Å². The Labute approximate surface area is 181 Å². The standard InChI is InChI=1S/C23H29BrN2O3/c1-15(2)18-10-11-21(20(24)12-18)29-14-22(27)26(17(4)23(28)25-5)13-19-9-7-6-8-16(19)3/h6-12,15,17H,13-14H2,1-5H3,(H,25,28)/t17-/m1/s1. The molecule has 6 heteroatoms. The molecule has 0 aliphatic rings. The molecule has 2 aromatic carbocycles. The number of ether oxygens (including phenoxy) is 1. The Bertz CT molecular complexity index is 867. The maximum Gasteiger partial charge on any atom is 0.261 e. The van der Waals surface area contributed by atoms with Gasteiger partial charge in [-0.25, -0.2) is 0 Å². The van der Waals surface area contributed by atoms with Gasteiger partial charge in [-0.15, -0.1) is 0 Å². The molecule has 0 aliphatic carbocycles. The van der Waals surface area contributed by atoms with Crippen LogP contribution in [-0.2, 0) is 16.1 Å². The smallest absolute Gasteiger partial charge is 0.261 e. The minimum absolute atomic E-state index is 0.146. The maximum absolute atomic E-state index is 13.0. The Morgan fingerprint density at radius 1 is 1.14 bits per heavy atom. The normalized spacial score (nSPS) is 11.8. The monoisotopic (exact) mass is 460 g/mol. The van der Waals surface area contributed by atoms with E-state index in [2.05, 4.69) is 35.1 Å². The molecule has 0 aromatic heterocycles. The summed E-state index contributed by atoms with van der Waals surface area (Å²) in [7, 11) is 1.57. The number of nitrogens with zero attached hydrogens (tertiary/aromatic N) is 1. The minimum Gasteiger partial charge on any atom is -0.483 e. The fraction of sp³-hybridized carbons (Fsp3) is 0.391. The molecule has 1 atom stereocenters. The molecule has 1 N–H and O–H groups in total. The first-order valence-electron chi connectivity index (χ1n) is 9.72. The number of halogens is 1. The summed E-state index contributed by atoms with van der Waals surface area (Å²) in [6.45, 7) is 8.16. The molecule has 0 radical (unpaired) electrons. The highest BCUT2D eigenvalue weighted by molar-refractivity contribution is 9.10. The lowest BCUT2D eigenvalue weighted by molar-refractivity contribution is -0.142. The first kappa shape index (κ1) is 22.9. The quantitative estimate of drug-likeness (QED) is 0.633. The lowest BCUT2D eigenvalue weighted by Crippen LogP contribution is -2.48. The van der Waals surface area contributed by atoms with E-state index in [9.17, 15) is 9.59 Å². The Morgan fingerprint density at radius 2 is 1.83 bits per heavy atom. The van der Waals surface area contributed by atoms with E-state index in [-0.39, 0.29) is 18.4 Å². The number of hydrogen-bond donors (Lipinski definition) is 1.